The van der Waals surface area contributed by atoms with Gasteiger partial charge < -0.3 is 15.2 Å². The quantitative estimate of drug-likeness (QED) is 0.905. The topological polar surface area (TPSA) is 51.3 Å². The van der Waals surface area contributed by atoms with Crippen LogP contribution in [0.2, 0.25) is 5.02 Å². The van der Waals surface area contributed by atoms with Crippen molar-refractivity contribution in [1.82, 2.24) is 9.47 Å². The smallest absolute Gasteiger partial charge is 0.270 e. The summed E-state index contributed by atoms with van der Waals surface area (Å²) >= 11 is 5.88. The Bertz CT molecular complexity index is 431. The molecule has 4 nitrogen and oxygen atoms in total. The summed E-state index contributed by atoms with van der Waals surface area (Å²) in [7, 11) is 1.83. The molecule has 2 N–H and O–H groups in total. The Kier molecular flexibility index (Phi) is 5.08. The van der Waals surface area contributed by atoms with Crippen molar-refractivity contribution < 1.29 is 4.79 Å². The third kappa shape index (κ3) is 2.99. The van der Waals surface area contributed by atoms with Gasteiger partial charge in [0.05, 0.1) is 5.02 Å². The zero-order valence-electron chi connectivity index (χ0n) is 10.6. The predicted molar refractivity (Wildman–Crippen MR) is 75.3 cm³/mol. The molecule has 2 unspecified atom stereocenters. The first-order valence-electron chi connectivity index (χ1n) is 5.85. The van der Waals surface area contributed by atoms with Crippen molar-refractivity contribution in [2.75, 3.05) is 13.1 Å². The number of aryl methyl sites for hydroxylation is 1. The molecule has 0 bridgehead atoms. The van der Waals surface area contributed by atoms with Crippen molar-refractivity contribution in [3.05, 3.63) is 23.0 Å². The van der Waals surface area contributed by atoms with Gasteiger partial charge in [0.1, 0.15) is 5.69 Å². The van der Waals surface area contributed by atoms with Gasteiger partial charge in [0.15, 0.2) is 0 Å². The van der Waals surface area contributed by atoms with Crippen LogP contribution in [0.4, 0.5) is 0 Å². The number of amides is 1. The summed E-state index contributed by atoms with van der Waals surface area (Å²) in [6, 6.07) is 1.85. The molecular weight excluding hydrogens is 273 g/mol. The predicted octanol–water partition coefficient (Wildman–Crippen LogP) is 1.91. The Labute approximate surface area is 118 Å². The van der Waals surface area contributed by atoms with E-state index in [1.54, 1.807) is 16.8 Å². The molecule has 0 aliphatic carbocycles. The zero-order chi connectivity index (χ0) is 12.6. The molecule has 0 spiro atoms. The number of nitrogens with two attached hydrogens (primary N) is 1. The van der Waals surface area contributed by atoms with Crippen LogP contribution in [0, 0.1) is 5.92 Å². The molecule has 0 radical (unpaired) electrons. The first-order chi connectivity index (χ1) is 7.99. The van der Waals surface area contributed by atoms with Crippen molar-refractivity contribution in [2.45, 2.75) is 19.4 Å². The van der Waals surface area contributed by atoms with Gasteiger partial charge in [-0.3, -0.25) is 4.79 Å². The number of rotatable bonds is 2. The molecular formula is C12H19Cl2N3O. The Hall–Kier alpha value is -0.710. The van der Waals surface area contributed by atoms with Crippen LogP contribution in [0.1, 0.15) is 23.8 Å². The Balaban J connectivity index is 0.00000162. The Morgan fingerprint density at radius 2 is 2.28 bits per heavy atom. The van der Waals surface area contributed by atoms with E-state index in [2.05, 4.69) is 0 Å². The summed E-state index contributed by atoms with van der Waals surface area (Å²) in [6.07, 6.45) is 2.73. The molecule has 1 aromatic heterocycles. The summed E-state index contributed by atoms with van der Waals surface area (Å²) in [5.74, 6) is 0.456. The van der Waals surface area contributed by atoms with Crippen LogP contribution in [0.15, 0.2) is 12.3 Å². The summed E-state index contributed by atoms with van der Waals surface area (Å²) < 4.78 is 1.77. The maximum atomic E-state index is 12.3. The summed E-state index contributed by atoms with van der Waals surface area (Å²) in [5.41, 5.74) is 6.51. The van der Waals surface area contributed by atoms with E-state index >= 15 is 0 Å². The van der Waals surface area contributed by atoms with E-state index < -0.39 is 0 Å². The van der Waals surface area contributed by atoms with Crippen LogP contribution in [-0.4, -0.2) is 34.5 Å². The standard InChI is InChI=1S/C12H18ClN3O.ClH/c1-8(14)9-3-4-16(6-9)12(17)11-5-10(13)7-15(11)2;/h5,7-9H,3-4,6,14H2,1-2H3;1H. The molecule has 1 fully saturated rings. The van der Waals surface area contributed by atoms with Gasteiger partial charge in [0.2, 0.25) is 0 Å². The summed E-state index contributed by atoms with van der Waals surface area (Å²) in [5, 5.41) is 0.596. The van der Waals surface area contributed by atoms with Gasteiger partial charge in [-0.1, -0.05) is 11.6 Å². The lowest BCUT2D eigenvalue weighted by atomic mass is 10.0. The maximum Gasteiger partial charge on any atom is 0.270 e. The highest BCUT2D eigenvalue weighted by atomic mass is 35.5. The number of hydrogen-bond acceptors (Lipinski definition) is 2. The minimum atomic E-state index is 0. The van der Waals surface area contributed by atoms with Crippen LogP contribution in [0.5, 0.6) is 0 Å². The van der Waals surface area contributed by atoms with Gasteiger partial charge in [0, 0.05) is 32.4 Å². The number of carbonyl (C=O) groups is 1. The lowest BCUT2D eigenvalue weighted by Gasteiger charge is -2.18. The highest BCUT2D eigenvalue weighted by molar-refractivity contribution is 6.31. The molecule has 0 aromatic carbocycles. The molecule has 1 aliphatic rings. The van der Waals surface area contributed by atoms with E-state index in [9.17, 15) is 4.79 Å². The van der Waals surface area contributed by atoms with Crippen LogP contribution in [0.3, 0.4) is 0 Å². The minimum Gasteiger partial charge on any atom is -0.345 e. The Morgan fingerprint density at radius 1 is 1.61 bits per heavy atom. The average Bonchev–Trinajstić information content (AvgIpc) is 2.84. The first kappa shape index (κ1) is 15.3. The summed E-state index contributed by atoms with van der Waals surface area (Å²) in [6.45, 7) is 3.53. The average molecular weight is 292 g/mol. The second-order valence-corrected chi connectivity index (χ2v) is 5.25. The lowest BCUT2D eigenvalue weighted by molar-refractivity contribution is 0.0776. The van der Waals surface area contributed by atoms with Gasteiger partial charge >= 0.3 is 0 Å². The fourth-order valence-electron chi connectivity index (χ4n) is 2.30. The number of halogens is 2. The van der Waals surface area contributed by atoms with Crippen LogP contribution >= 0.6 is 24.0 Å². The van der Waals surface area contributed by atoms with Crippen molar-refractivity contribution in [3.63, 3.8) is 0 Å². The fraction of sp³-hybridized carbons (Fsp3) is 0.583. The highest BCUT2D eigenvalue weighted by Gasteiger charge is 2.29. The number of carbonyl (C=O) groups excluding carboxylic acids is 1. The van der Waals surface area contributed by atoms with Gasteiger partial charge in [-0.2, -0.15) is 0 Å². The second kappa shape index (κ2) is 5.95. The van der Waals surface area contributed by atoms with Gasteiger partial charge in [-0.25, -0.2) is 0 Å². The van der Waals surface area contributed by atoms with E-state index in [-0.39, 0.29) is 24.4 Å². The number of aromatic nitrogens is 1. The third-order valence-electron chi connectivity index (χ3n) is 3.45. The van der Waals surface area contributed by atoms with Gasteiger partial charge in [0.25, 0.3) is 5.91 Å². The molecule has 2 atom stereocenters. The van der Waals surface area contributed by atoms with E-state index in [1.165, 1.54) is 0 Å². The minimum absolute atomic E-state index is 0. The van der Waals surface area contributed by atoms with E-state index in [4.69, 9.17) is 17.3 Å². The Morgan fingerprint density at radius 3 is 2.72 bits per heavy atom. The number of likely N-dealkylation sites (tertiary alicyclic amines) is 1. The molecule has 6 heteroatoms. The van der Waals surface area contributed by atoms with Crippen LogP contribution in [-0.2, 0) is 7.05 Å². The molecule has 2 heterocycles. The van der Waals surface area contributed by atoms with E-state index in [1.807, 2.05) is 18.9 Å². The first-order valence-corrected chi connectivity index (χ1v) is 6.23. The molecule has 2 rings (SSSR count). The number of nitrogens with zero attached hydrogens (tertiary/aromatic N) is 2. The van der Waals surface area contributed by atoms with Crippen molar-refractivity contribution in [3.8, 4) is 0 Å². The largest absolute Gasteiger partial charge is 0.345 e. The van der Waals surface area contributed by atoms with Crippen molar-refractivity contribution in [2.24, 2.45) is 18.7 Å². The molecule has 1 amide bonds. The molecule has 18 heavy (non-hydrogen) atoms. The fourth-order valence-corrected chi connectivity index (χ4v) is 2.55. The second-order valence-electron chi connectivity index (χ2n) is 4.81. The van der Waals surface area contributed by atoms with Crippen LogP contribution in [0.25, 0.3) is 0 Å². The highest BCUT2D eigenvalue weighted by Crippen LogP contribution is 2.22. The molecule has 1 aliphatic heterocycles. The maximum absolute atomic E-state index is 12.3. The van der Waals surface area contributed by atoms with Crippen molar-refractivity contribution >= 4 is 29.9 Å². The van der Waals surface area contributed by atoms with E-state index in [0.717, 1.165) is 19.5 Å². The third-order valence-corrected chi connectivity index (χ3v) is 3.65. The van der Waals surface area contributed by atoms with Crippen LogP contribution < -0.4 is 5.73 Å². The molecule has 102 valence electrons. The zero-order valence-corrected chi connectivity index (χ0v) is 12.2. The molecule has 0 saturated carbocycles. The lowest BCUT2D eigenvalue weighted by Crippen LogP contribution is -2.33. The van der Waals surface area contributed by atoms with Gasteiger partial charge in [-0.15, -0.1) is 12.4 Å². The molecule has 1 aromatic rings. The number of hydrogen-bond donors (Lipinski definition) is 1. The monoisotopic (exact) mass is 291 g/mol. The summed E-state index contributed by atoms with van der Waals surface area (Å²) in [4.78, 5) is 14.1. The van der Waals surface area contributed by atoms with Gasteiger partial charge in [-0.05, 0) is 25.3 Å². The van der Waals surface area contributed by atoms with E-state index in [0.29, 0.717) is 16.6 Å². The molecule has 1 saturated heterocycles. The van der Waals surface area contributed by atoms with Crippen molar-refractivity contribution in [1.29, 1.82) is 0 Å². The SMILES string of the molecule is CC(N)C1CCN(C(=O)c2cc(Cl)cn2C)C1.Cl. The normalized spacial score (nSPS) is 20.7.